The maximum Gasteiger partial charge on any atom is 0.161 e. The first-order valence-corrected chi connectivity index (χ1v) is 9.10. The Kier molecular flexibility index (Phi) is 14.6. The second-order valence-corrected chi connectivity index (χ2v) is 6.27. The van der Waals surface area contributed by atoms with Crippen LogP contribution in [0.2, 0.25) is 0 Å². The second-order valence-electron chi connectivity index (χ2n) is 6.27. The van der Waals surface area contributed by atoms with E-state index in [-0.39, 0.29) is 31.4 Å². The molecule has 0 aliphatic heterocycles. The molecule has 0 aliphatic carbocycles. The van der Waals surface area contributed by atoms with Crippen LogP contribution in [0.25, 0.3) is 0 Å². The maximum atomic E-state index is 8.70. The molecule has 0 heterocycles. The van der Waals surface area contributed by atoms with Crippen LogP contribution in [0, 0.1) is 6.92 Å². The zero-order valence-electron chi connectivity index (χ0n) is 16.6. The van der Waals surface area contributed by atoms with Gasteiger partial charge in [0.25, 0.3) is 0 Å². The van der Waals surface area contributed by atoms with Crippen molar-refractivity contribution in [2.75, 3.05) is 33.4 Å². The number of aryl methyl sites for hydroxylation is 1. The largest absolute Gasteiger partial charge is 0.493 e. The van der Waals surface area contributed by atoms with Gasteiger partial charge in [-0.1, -0.05) is 35.9 Å². The number of hydrogen-bond donors (Lipinski definition) is 3. The molecule has 2 aromatic rings. The monoisotopic (exact) mass is 430 g/mol. The van der Waals surface area contributed by atoms with Gasteiger partial charge in [0.2, 0.25) is 0 Å². The van der Waals surface area contributed by atoms with E-state index in [2.05, 4.69) is 41.8 Å². The van der Waals surface area contributed by atoms with E-state index in [0.29, 0.717) is 13.2 Å². The summed E-state index contributed by atoms with van der Waals surface area (Å²) in [6.45, 7) is 6.06. The minimum atomic E-state index is 0. The van der Waals surface area contributed by atoms with Crippen molar-refractivity contribution in [1.29, 1.82) is 0 Å². The van der Waals surface area contributed by atoms with Crippen molar-refractivity contribution in [3.63, 3.8) is 0 Å². The number of rotatable bonds is 12. The molecule has 0 amide bonds. The second kappa shape index (κ2) is 15.4. The zero-order chi connectivity index (χ0) is 18.6. The van der Waals surface area contributed by atoms with Crippen LogP contribution in [0.15, 0.2) is 42.5 Å². The Morgan fingerprint density at radius 3 is 2.39 bits per heavy atom. The lowest BCUT2D eigenvalue weighted by molar-refractivity contribution is 0.284. The van der Waals surface area contributed by atoms with Crippen LogP contribution in [0.1, 0.15) is 23.1 Å². The average Bonchev–Trinajstić information content (AvgIpc) is 2.66. The summed E-state index contributed by atoms with van der Waals surface area (Å²) in [5.41, 5.74) is 3.53. The molecule has 0 fully saturated rings. The van der Waals surface area contributed by atoms with E-state index >= 15 is 0 Å². The molecule has 2 rings (SSSR count). The van der Waals surface area contributed by atoms with E-state index in [1.54, 1.807) is 7.11 Å². The molecule has 28 heavy (non-hydrogen) atoms. The molecule has 0 spiro atoms. The van der Waals surface area contributed by atoms with Gasteiger partial charge in [-0.2, -0.15) is 0 Å². The fraction of sp³-hybridized carbons (Fsp3) is 0.429. The standard InChI is InChI=1S/C21H30N2O3.2ClH/c1-17-5-3-6-19(13-17)16-26-20-8-7-18(14-21(20)25-2)15-23-10-4-9-22-11-12-24;;/h3,5-8,13-14,22-24H,4,9-12,15-16H2,1-2H3;2*1H. The summed E-state index contributed by atoms with van der Waals surface area (Å²) < 4.78 is 11.4. The molecular weight excluding hydrogens is 399 g/mol. The van der Waals surface area contributed by atoms with Gasteiger partial charge in [0.15, 0.2) is 11.5 Å². The molecule has 0 unspecified atom stereocenters. The number of aliphatic hydroxyl groups is 1. The predicted molar refractivity (Wildman–Crippen MR) is 119 cm³/mol. The Balaban J connectivity index is 0.00000364. The van der Waals surface area contributed by atoms with Gasteiger partial charge in [0, 0.05) is 13.1 Å². The number of benzene rings is 2. The van der Waals surface area contributed by atoms with Gasteiger partial charge in [0.05, 0.1) is 13.7 Å². The molecule has 0 saturated carbocycles. The predicted octanol–water partition coefficient (Wildman–Crippen LogP) is 3.49. The van der Waals surface area contributed by atoms with Crippen LogP contribution in [-0.2, 0) is 13.2 Å². The van der Waals surface area contributed by atoms with Crippen LogP contribution in [-0.4, -0.2) is 38.5 Å². The summed E-state index contributed by atoms with van der Waals surface area (Å²) in [4.78, 5) is 0. The van der Waals surface area contributed by atoms with Gasteiger partial charge in [-0.15, -0.1) is 24.8 Å². The lowest BCUT2D eigenvalue weighted by atomic mass is 10.1. The molecule has 0 bridgehead atoms. The Morgan fingerprint density at radius 1 is 0.893 bits per heavy atom. The van der Waals surface area contributed by atoms with Crippen molar-refractivity contribution in [2.24, 2.45) is 0 Å². The van der Waals surface area contributed by atoms with Gasteiger partial charge in [0.1, 0.15) is 6.61 Å². The molecule has 5 nitrogen and oxygen atoms in total. The molecule has 0 atom stereocenters. The fourth-order valence-corrected chi connectivity index (χ4v) is 2.68. The van der Waals surface area contributed by atoms with Crippen molar-refractivity contribution < 1.29 is 14.6 Å². The number of methoxy groups -OCH3 is 1. The van der Waals surface area contributed by atoms with Crippen molar-refractivity contribution in [1.82, 2.24) is 10.6 Å². The highest BCUT2D eigenvalue weighted by Crippen LogP contribution is 2.28. The van der Waals surface area contributed by atoms with Crippen LogP contribution in [0.4, 0.5) is 0 Å². The quantitative estimate of drug-likeness (QED) is 0.449. The van der Waals surface area contributed by atoms with E-state index in [0.717, 1.165) is 48.7 Å². The summed E-state index contributed by atoms with van der Waals surface area (Å²) in [6, 6.07) is 14.4. The number of ether oxygens (including phenoxy) is 2. The molecule has 158 valence electrons. The van der Waals surface area contributed by atoms with Gasteiger partial charge in [-0.05, 0) is 49.7 Å². The molecule has 2 aromatic carbocycles. The Bertz CT molecular complexity index is 672. The third-order valence-electron chi connectivity index (χ3n) is 4.03. The molecular formula is C21H32Cl2N2O3. The highest BCUT2D eigenvalue weighted by Gasteiger charge is 2.06. The van der Waals surface area contributed by atoms with Crippen molar-refractivity contribution in [3.8, 4) is 11.5 Å². The molecule has 0 saturated heterocycles. The van der Waals surface area contributed by atoms with Gasteiger partial charge >= 0.3 is 0 Å². The number of nitrogens with one attached hydrogen (secondary N) is 2. The Hall–Kier alpha value is -1.50. The average molecular weight is 431 g/mol. The fourth-order valence-electron chi connectivity index (χ4n) is 2.68. The van der Waals surface area contributed by atoms with Crippen molar-refractivity contribution >= 4 is 24.8 Å². The SMILES string of the molecule is COc1cc(CNCCCNCCO)ccc1OCc1cccc(C)c1.Cl.Cl. The highest BCUT2D eigenvalue weighted by molar-refractivity contribution is 5.85. The topological polar surface area (TPSA) is 62.8 Å². The molecule has 0 aromatic heterocycles. The van der Waals surface area contributed by atoms with Crippen LogP contribution in [0.5, 0.6) is 11.5 Å². The first-order valence-electron chi connectivity index (χ1n) is 9.10. The third kappa shape index (κ3) is 9.62. The van der Waals surface area contributed by atoms with Gasteiger partial charge < -0.3 is 25.2 Å². The zero-order valence-corrected chi connectivity index (χ0v) is 18.2. The first kappa shape index (κ1) is 26.5. The lowest BCUT2D eigenvalue weighted by Crippen LogP contribution is -2.23. The van der Waals surface area contributed by atoms with Crippen molar-refractivity contribution in [2.45, 2.75) is 26.5 Å². The van der Waals surface area contributed by atoms with Gasteiger partial charge in [-0.3, -0.25) is 0 Å². The maximum absolute atomic E-state index is 8.70. The summed E-state index contributed by atoms with van der Waals surface area (Å²) >= 11 is 0. The van der Waals surface area contributed by atoms with E-state index in [9.17, 15) is 0 Å². The van der Waals surface area contributed by atoms with E-state index in [4.69, 9.17) is 14.6 Å². The summed E-state index contributed by atoms with van der Waals surface area (Å²) in [7, 11) is 1.67. The van der Waals surface area contributed by atoms with Gasteiger partial charge in [-0.25, -0.2) is 0 Å². The molecule has 3 N–H and O–H groups in total. The molecule has 7 heteroatoms. The number of hydrogen-bond acceptors (Lipinski definition) is 5. The normalized spacial score (nSPS) is 9.96. The Labute approximate surface area is 180 Å². The summed E-state index contributed by atoms with van der Waals surface area (Å²) in [5, 5.41) is 15.3. The number of halogens is 2. The lowest BCUT2D eigenvalue weighted by Gasteiger charge is -2.13. The summed E-state index contributed by atoms with van der Waals surface area (Å²) in [5.74, 6) is 1.51. The van der Waals surface area contributed by atoms with E-state index in [1.165, 1.54) is 5.56 Å². The molecule has 0 radical (unpaired) electrons. The minimum Gasteiger partial charge on any atom is -0.493 e. The first-order chi connectivity index (χ1) is 12.7. The highest BCUT2D eigenvalue weighted by atomic mass is 35.5. The van der Waals surface area contributed by atoms with Crippen LogP contribution in [0.3, 0.4) is 0 Å². The van der Waals surface area contributed by atoms with Crippen molar-refractivity contribution in [3.05, 3.63) is 59.2 Å². The third-order valence-corrected chi connectivity index (χ3v) is 4.03. The van der Waals surface area contributed by atoms with E-state index in [1.807, 2.05) is 18.2 Å². The Morgan fingerprint density at radius 2 is 1.68 bits per heavy atom. The smallest absolute Gasteiger partial charge is 0.161 e. The molecule has 0 aliphatic rings. The minimum absolute atomic E-state index is 0. The van der Waals surface area contributed by atoms with E-state index < -0.39 is 0 Å². The summed E-state index contributed by atoms with van der Waals surface area (Å²) in [6.07, 6.45) is 1.02. The number of aliphatic hydroxyl groups excluding tert-OH is 1. The van der Waals surface area contributed by atoms with Crippen LogP contribution >= 0.6 is 24.8 Å². The van der Waals surface area contributed by atoms with Crippen LogP contribution < -0.4 is 20.1 Å².